The molecule has 4 nitrogen and oxygen atoms in total. The molecule has 5 heteroatoms. The van der Waals surface area contributed by atoms with Crippen molar-refractivity contribution in [3.63, 3.8) is 0 Å². The molecule has 0 spiro atoms. The van der Waals surface area contributed by atoms with Crippen molar-refractivity contribution < 1.29 is 13.6 Å². The van der Waals surface area contributed by atoms with Crippen molar-refractivity contribution in [3.05, 3.63) is 107 Å². The van der Waals surface area contributed by atoms with E-state index in [1.807, 2.05) is 39.8 Å². The van der Waals surface area contributed by atoms with E-state index in [1.165, 1.54) is 5.56 Å². The van der Waals surface area contributed by atoms with Crippen molar-refractivity contribution in [3.8, 4) is 0 Å². The van der Waals surface area contributed by atoms with Crippen LogP contribution in [0.2, 0.25) is 0 Å². The van der Waals surface area contributed by atoms with Crippen LogP contribution in [0.25, 0.3) is 0 Å². The Balaban J connectivity index is 1.84. The highest BCUT2D eigenvalue weighted by Gasteiger charge is 2.64. The van der Waals surface area contributed by atoms with Crippen LogP contribution in [0.4, 0.5) is 0 Å². The molecule has 1 fully saturated rings. The minimum Gasteiger partial charge on any atom is -0.305 e. The van der Waals surface area contributed by atoms with Crippen LogP contribution in [0.1, 0.15) is 62.0 Å². The summed E-state index contributed by atoms with van der Waals surface area (Å²) >= 11 is 0. The van der Waals surface area contributed by atoms with Crippen molar-refractivity contribution in [1.29, 1.82) is 0 Å². The molecule has 1 unspecified atom stereocenters. The van der Waals surface area contributed by atoms with E-state index in [2.05, 4.69) is 84.6 Å². The third-order valence-corrected chi connectivity index (χ3v) is 8.43. The minimum absolute atomic E-state index is 0.0662. The molecule has 4 rings (SSSR count). The SMILES string of the molecule is Cc1ccc([C@@H]2[C@H](P(=O)(OC(C)C)OC(C)C)N2C(c2ccccc2)c2ccccc2)cc1. The van der Waals surface area contributed by atoms with Crippen molar-refractivity contribution >= 4 is 7.60 Å². The lowest BCUT2D eigenvalue weighted by Gasteiger charge is -2.25. The van der Waals surface area contributed by atoms with Gasteiger partial charge >= 0.3 is 7.60 Å². The van der Waals surface area contributed by atoms with Crippen LogP contribution in [0.3, 0.4) is 0 Å². The quantitative estimate of drug-likeness (QED) is 0.243. The molecular weight excluding hydrogens is 429 g/mol. The highest BCUT2D eigenvalue weighted by molar-refractivity contribution is 7.55. The maximum Gasteiger partial charge on any atom is 0.350 e. The van der Waals surface area contributed by atoms with E-state index in [9.17, 15) is 4.57 Å². The zero-order chi connectivity index (χ0) is 23.6. The van der Waals surface area contributed by atoms with Gasteiger partial charge in [-0.05, 0) is 51.3 Å². The lowest BCUT2D eigenvalue weighted by molar-refractivity contribution is 0.138. The second kappa shape index (κ2) is 9.95. The Labute approximate surface area is 198 Å². The van der Waals surface area contributed by atoms with Gasteiger partial charge in [-0.25, -0.2) is 0 Å². The summed E-state index contributed by atoms with van der Waals surface area (Å²) in [4.78, 5) is 2.31. The highest BCUT2D eigenvalue weighted by Crippen LogP contribution is 2.71. The topological polar surface area (TPSA) is 38.5 Å². The Morgan fingerprint density at radius 1 is 0.727 bits per heavy atom. The summed E-state index contributed by atoms with van der Waals surface area (Å²) < 4.78 is 26.5. The Bertz CT molecular complexity index is 1030. The molecule has 3 atom stereocenters. The molecule has 0 saturated carbocycles. The first-order valence-corrected chi connectivity index (χ1v) is 13.3. The van der Waals surface area contributed by atoms with Gasteiger partial charge < -0.3 is 9.05 Å². The lowest BCUT2D eigenvalue weighted by atomic mass is 9.98. The van der Waals surface area contributed by atoms with E-state index < -0.39 is 7.60 Å². The fourth-order valence-corrected chi connectivity index (χ4v) is 7.21. The monoisotopic (exact) mass is 463 g/mol. The van der Waals surface area contributed by atoms with Crippen LogP contribution in [0.5, 0.6) is 0 Å². The Kier molecular flexibility index (Phi) is 7.21. The number of hydrogen-bond acceptors (Lipinski definition) is 4. The molecule has 0 aliphatic carbocycles. The smallest absolute Gasteiger partial charge is 0.305 e. The molecule has 3 aromatic carbocycles. The van der Waals surface area contributed by atoms with Crippen LogP contribution in [0, 0.1) is 6.92 Å². The summed E-state index contributed by atoms with van der Waals surface area (Å²) in [6, 6.07) is 29.2. The van der Waals surface area contributed by atoms with Gasteiger partial charge in [0.2, 0.25) is 0 Å². The first-order valence-electron chi connectivity index (χ1n) is 11.7. The Morgan fingerprint density at radius 3 is 1.61 bits per heavy atom. The van der Waals surface area contributed by atoms with E-state index in [-0.39, 0.29) is 30.1 Å². The average Bonchev–Trinajstić information content (AvgIpc) is 3.51. The van der Waals surface area contributed by atoms with Gasteiger partial charge in [-0.3, -0.25) is 9.46 Å². The van der Waals surface area contributed by atoms with E-state index in [4.69, 9.17) is 9.05 Å². The van der Waals surface area contributed by atoms with Crippen LogP contribution < -0.4 is 0 Å². The summed E-state index contributed by atoms with van der Waals surface area (Å²) in [5.41, 5.74) is 4.64. The fourth-order valence-electron chi connectivity index (χ4n) is 4.54. The van der Waals surface area contributed by atoms with Crippen molar-refractivity contribution in [1.82, 2.24) is 4.90 Å². The molecule has 1 aliphatic rings. The first-order chi connectivity index (χ1) is 15.8. The predicted molar refractivity (Wildman–Crippen MR) is 134 cm³/mol. The number of aryl methyl sites for hydroxylation is 1. The molecular formula is C28H34NO3P. The van der Waals surface area contributed by atoms with Gasteiger partial charge in [-0.1, -0.05) is 90.5 Å². The van der Waals surface area contributed by atoms with Gasteiger partial charge in [0.15, 0.2) is 0 Å². The van der Waals surface area contributed by atoms with E-state index in [1.54, 1.807) is 0 Å². The van der Waals surface area contributed by atoms with E-state index in [0.29, 0.717) is 0 Å². The molecule has 33 heavy (non-hydrogen) atoms. The Hall–Kier alpha value is -2.23. The molecule has 0 bridgehead atoms. The van der Waals surface area contributed by atoms with Gasteiger partial charge in [0.05, 0.1) is 24.3 Å². The van der Waals surface area contributed by atoms with E-state index >= 15 is 0 Å². The first kappa shape index (κ1) is 23.9. The maximum absolute atomic E-state index is 14.3. The lowest BCUT2D eigenvalue weighted by Crippen LogP contribution is -2.18. The third kappa shape index (κ3) is 5.31. The van der Waals surface area contributed by atoms with Gasteiger partial charge in [-0.15, -0.1) is 0 Å². The number of benzene rings is 3. The van der Waals surface area contributed by atoms with Crippen molar-refractivity contribution in [2.24, 2.45) is 0 Å². The zero-order valence-corrected chi connectivity index (χ0v) is 21.0. The standard InChI is InChI=1S/C28H34NO3P/c1-20(2)31-33(30,32-21(3)4)28-27(25-18-16-22(5)17-19-25)29(28)26(23-12-8-6-9-13-23)24-14-10-7-11-15-24/h6-21,26-28H,1-5H3/t27-,28+,29?/m1/s1. The molecule has 0 radical (unpaired) electrons. The summed E-state index contributed by atoms with van der Waals surface area (Å²) in [5, 5.41) is 0. The molecule has 0 N–H and O–H groups in total. The third-order valence-electron chi connectivity index (χ3n) is 5.81. The molecule has 1 saturated heterocycles. The van der Waals surface area contributed by atoms with Crippen molar-refractivity contribution in [2.75, 3.05) is 0 Å². The summed E-state index contributed by atoms with van der Waals surface area (Å²) in [7, 11) is -3.45. The summed E-state index contributed by atoms with van der Waals surface area (Å²) in [5.74, 6) is -0.365. The van der Waals surface area contributed by atoms with Gasteiger partial charge in [0.25, 0.3) is 0 Å². The summed E-state index contributed by atoms with van der Waals surface area (Å²) in [6.45, 7) is 9.73. The predicted octanol–water partition coefficient (Wildman–Crippen LogP) is 7.51. The molecule has 1 heterocycles. The normalized spacial score (nSPS) is 20.5. The average molecular weight is 464 g/mol. The van der Waals surface area contributed by atoms with Crippen LogP contribution in [0.15, 0.2) is 84.9 Å². The highest BCUT2D eigenvalue weighted by atomic mass is 31.2. The molecule has 0 amide bonds. The van der Waals surface area contributed by atoms with Gasteiger partial charge in [0.1, 0.15) is 5.78 Å². The van der Waals surface area contributed by atoms with Crippen LogP contribution in [-0.2, 0) is 13.6 Å². The fraction of sp³-hybridized carbons (Fsp3) is 0.357. The number of hydrogen-bond donors (Lipinski definition) is 0. The molecule has 3 aromatic rings. The van der Waals surface area contributed by atoms with Gasteiger partial charge in [0, 0.05) is 0 Å². The largest absolute Gasteiger partial charge is 0.350 e. The second-order valence-corrected chi connectivity index (χ2v) is 11.3. The zero-order valence-electron chi connectivity index (χ0n) is 20.1. The van der Waals surface area contributed by atoms with Crippen LogP contribution >= 0.6 is 7.60 Å². The molecule has 1 aliphatic heterocycles. The Morgan fingerprint density at radius 2 is 1.18 bits per heavy atom. The summed E-state index contributed by atoms with van der Waals surface area (Å²) in [6.07, 6.45) is -0.412. The number of rotatable bonds is 9. The minimum atomic E-state index is -3.45. The van der Waals surface area contributed by atoms with Crippen molar-refractivity contribution in [2.45, 2.75) is 64.7 Å². The van der Waals surface area contributed by atoms with E-state index in [0.717, 1.165) is 16.7 Å². The maximum atomic E-state index is 14.3. The number of nitrogens with zero attached hydrogens (tertiary/aromatic N) is 1. The molecule has 0 aromatic heterocycles. The van der Waals surface area contributed by atoms with Gasteiger partial charge in [-0.2, -0.15) is 0 Å². The van der Waals surface area contributed by atoms with Crippen LogP contribution in [-0.4, -0.2) is 22.9 Å². The molecule has 174 valence electrons. The second-order valence-electron chi connectivity index (χ2n) is 9.29.